The molecule has 0 aliphatic carbocycles. The van der Waals surface area contributed by atoms with Crippen molar-refractivity contribution >= 4 is 52.3 Å². The van der Waals surface area contributed by atoms with Crippen molar-refractivity contribution in [3.05, 3.63) is 36.0 Å². The van der Waals surface area contributed by atoms with Crippen LogP contribution in [0.3, 0.4) is 0 Å². The zero-order chi connectivity index (χ0) is 28.4. The lowest BCUT2D eigenvalue weighted by Crippen LogP contribution is -2.58. The molecule has 14 heteroatoms. The molecule has 0 fully saturated rings. The van der Waals surface area contributed by atoms with Gasteiger partial charge in [-0.2, -0.15) is 11.8 Å². The average Bonchev–Trinajstić information content (AvgIpc) is 3.27. The van der Waals surface area contributed by atoms with Gasteiger partial charge in [0.25, 0.3) is 0 Å². The number of carboxylic acids is 1. The number of fused-ring (bicyclic) bond motifs is 1. The predicted molar refractivity (Wildman–Crippen MR) is 142 cm³/mol. The Morgan fingerprint density at radius 3 is 2.21 bits per heavy atom. The Labute approximate surface area is 223 Å². The van der Waals surface area contributed by atoms with Crippen molar-refractivity contribution in [1.29, 1.82) is 0 Å². The third-order valence-electron chi connectivity index (χ3n) is 5.82. The van der Waals surface area contributed by atoms with E-state index in [0.717, 1.165) is 10.9 Å². The number of aliphatic carboxylic acids is 1. The molecular formula is C24H34N6O7S. The van der Waals surface area contributed by atoms with Gasteiger partial charge >= 0.3 is 5.97 Å². The molecule has 0 saturated carbocycles. The molecule has 38 heavy (non-hydrogen) atoms. The Balaban J connectivity index is 2.18. The Bertz CT molecular complexity index is 1150. The van der Waals surface area contributed by atoms with Gasteiger partial charge in [-0.25, -0.2) is 4.79 Å². The monoisotopic (exact) mass is 550 g/mol. The molecule has 1 aromatic heterocycles. The van der Waals surface area contributed by atoms with Gasteiger partial charge in [0, 0.05) is 23.5 Å². The van der Waals surface area contributed by atoms with Crippen molar-refractivity contribution in [3.63, 3.8) is 0 Å². The maximum absolute atomic E-state index is 13.1. The number of carbonyl (C=O) groups is 5. The topological polar surface area (TPSA) is 230 Å². The minimum Gasteiger partial charge on any atom is -0.480 e. The maximum Gasteiger partial charge on any atom is 0.326 e. The standard InChI is InChI=1S/C24H34N6O7S/c1-12(31)20(26)23(35)29-17(10-19(25)32)22(34)28-16(7-8-38-2)21(33)30-18(24(36)37)9-13-11-27-15-6-4-3-5-14(13)15/h3-6,11-12,16-18,20,27,31H,7-10,26H2,1-2H3,(H2,25,32)(H,28,34)(H,29,35)(H,30,33)(H,36,37). The summed E-state index contributed by atoms with van der Waals surface area (Å²) in [6.45, 7) is 1.28. The van der Waals surface area contributed by atoms with Crippen LogP contribution < -0.4 is 27.4 Å². The molecule has 5 atom stereocenters. The Hall–Kier alpha value is -3.62. The predicted octanol–water partition coefficient (Wildman–Crippen LogP) is -1.41. The summed E-state index contributed by atoms with van der Waals surface area (Å²) < 4.78 is 0. The number of hydrogen-bond acceptors (Lipinski definition) is 8. The number of primary amides is 1. The fourth-order valence-corrected chi connectivity index (χ4v) is 4.14. The first kappa shape index (κ1) is 30.6. The van der Waals surface area contributed by atoms with E-state index in [-0.39, 0.29) is 12.8 Å². The highest BCUT2D eigenvalue weighted by Gasteiger charge is 2.32. The van der Waals surface area contributed by atoms with E-state index < -0.39 is 66.3 Å². The second-order valence-corrected chi connectivity index (χ2v) is 9.79. The van der Waals surface area contributed by atoms with Crippen LogP contribution in [0.15, 0.2) is 30.5 Å². The highest BCUT2D eigenvalue weighted by atomic mass is 32.2. The van der Waals surface area contributed by atoms with Crippen LogP contribution >= 0.6 is 11.8 Å². The van der Waals surface area contributed by atoms with Gasteiger partial charge in [-0.3, -0.25) is 19.2 Å². The van der Waals surface area contributed by atoms with Crippen molar-refractivity contribution in [2.75, 3.05) is 12.0 Å². The summed E-state index contributed by atoms with van der Waals surface area (Å²) in [5.41, 5.74) is 12.3. The van der Waals surface area contributed by atoms with Crippen LogP contribution in [0.5, 0.6) is 0 Å². The number of aliphatic hydroxyl groups excluding tert-OH is 1. The Morgan fingerprint density at radius 1 is 1.00 bits per heavy atom. The lowest BCUT2D eigenvalue weighted by molar-refractivity contribution is -0.142. The van der Waals surface area contributed by atoms with E-state index in [1.165, 1.54) is 18.7 Å². The van der Waals surface area contributed by atoms with Crippen molar-refractivity contribution in [2.24, 2.45) is 11.5 Å². The van der Waals surface area contributed by atoms with Crippen LogP contribution in [0.2, 0.25) is 0 Å². The third-order valence-corrected chi connectivity index (χ3v) is 6.46. The van der Waals surface area contributed by atoms with Crippen LogP contribution in [0.25, 0.3) is 10.9 Å². The molecule has 1 heterocycles. The van der Waals surface area contributed by atoms with Crippen molar-refractivity contribution in [3.8, 4) is 0 Å². The lowest BCUT2D eigenvalue weighted by atomic mass is 10.0. The summed E-state index contributed by atoms with van der Waals surface area (Å²) in [5.74, 6) is -4.24. The highest BCUT2D eigenvalue weighted by Crippen LogP contribution is 2.19. The largest absolute Gasteiger partial charge is 0.480 e. The summed E-state index contributed by atoms with van der Waals surface area (Å²) in [6, 6.07) is 2.04. The minimum absolute atomic E-state index is 0.00806. The van der Waals surface area contributed by atoms with Gasteiger partial charge in [-0.05, 0) is 37.0 Å². The molecular weight excluding hydrogens is 516 g/mol. The zero-order valence-electron chi connectivity index (χ0n) is 21.1. The van der Waals surface area contributed by atoms with E-state index >= 15 is 0 Å². The summed E-state index contributed by atoms with van der Waals surface area (Å²) >= 11 is 1.40. The van der Waals surface area contributed by atoms with Gasteiger partial charge in [-0.1, -0.05) is 18.2 Å². The van der Waals surface area contributed by atoms with Crippen LogP contribution in [0, 0.1) is 0 Å². The van der Waals surface area contributed by atoms with Gasteiger partial charge in [0.05, 0.1) is 12.5 Å². The number of rotatable bonds is 15. The molecule has 2 rings (SSSR count). The molecule has 2 aromatic rings. The molecule has 4 amide bonds. The van der Waals surface area contributed by atoms with Gasteiger partial charge in [-0.15, -0.1) is 0 Å². The molecule has 208 valence electrons. The van der Waals surface area contributed by atoms with Gasteiger partial charge in [0.2, 0.25) is 23.6 Å². The number of carboxylic acid groups (broad SMARTS) is 1. The smallest absolute Gasteiger partial charge is 0.326 e. The molecule has 0 spiro atoms. The minimum atomic E-state index is -1.46. The fourth-order valence-electron chi connectivity index (χ4n) is 3.67. The molecule has 0 aliphatic rings. The van der Waals surface area contributed by atoms with E-state index in [9.17, 15) is 34.2 Å². The second-order valence-electron chi connectivity index (χ2n) is 8.80. The molecule has 0 bridgehead atoms. The number of nitrogens with two attached hydrogens (primary N) is 2. The van der Waals surface area contributed by atoms with Crippen LogP contribution in [0.1, 0.15) is 25.3 Å². The second kappa shape index (κ2) is 14.4. The number of amides is 4. The summed E-state index contributed by atoms with van der Waals surface area (Å²) in [6.07, 6.45) is 1.79. The SMILES string of the molecule is CSCCC(NC(=O)C(CC(N)=O)NC(=O)C(N)C(C)O)C(=O)NC(Cc1c[nH]c2ccccc12)C(=O)O. The number of para-hydroxylation sites is 1. The number of benzene rings is 1. The van der Waals surface area contributed by atoms with E-state index in [2.05, 4.69) is 20.9 Å². The number of nitrogens with one attached hydrogen (secondary N) is 4. The first-order valence-electron chi connectivity index (χ1n) is 11.8. The molecule has 0 radical (unpaired) electrons. The van der Waals surface area contributed by atoms with Crippen LogP contribution in [0.4, 0.5) is 0 Å². The zero-order valence-corrected chi connectivity index (χ0v) is 21.9. The van der Waals surface area contributed by atoms with Gasteiger partial charge < -0.3 is 42.6 Å². The van der Waals surface area contributed by atoms with Gasteiger partial charge in [0.1, 0.15) is 24.2 Å². The van der Waals surface area contributed by atoms with Crippen molar-refractivity contribution in [1.82, 2.24) is 20.9 Å². The van der Waals surface area contributed by atoms with Gasteiger partial charge in [0.15, 0.2) is 0 Å². The normalized spacial score (nSPS) is 15.1. The molecule has 10 N–H and O–H groups in total. The maximum atomic E-state index is 13.1. The quantitative estimate of drug-likeness (QED) is 0.130. The summed E-state index contributed by atoms with van der Waals surface area (Å²) in [5, 5.41) is 27.3. The number of carbonyl (C=O) groups excluding carboxylic acids is 4. The third kappa shape index (κ3) is 8.75. The average molecular weight is 551 g/mol. The van der Waals surface area contributed by atoms with Crippen molar-refractivity contribution < 1.29 is 34.2 Å². The number of thioether (sulfide) groups is 1. The van der Waals surface area contributed by atoms with Crippen molar-refractivity contribution in [2.45, 2.75) is 56.5 Å². The highest BCUT2D eigenvalue weighted by molar-refractivity contribution is 7.98. The number of hydrogen-bond donors (Lipinski definition) is 8. The number of aromatic amines is 1. The van der Waals surface area contributed by atoms with E-state index in [4.69, 9.17) is 11.5 Å². The number of H-pyrrole nitrogens is 1. The summed E-state index contributed by atoms with van der Waals surface area (Å²) in [4.78, 5) is 64.9. The molecule has 0 aliphatic heterocycles. The molecule has 1 aromatic carbocycles. The van der Waals surface area contributed by atoms with E-state index in [1.807, 2.05) is 24.3 Å². The number of aromatic nitrogens is 1. The number of aliphatic hydroxyl groups is 1. The van der Waals surface area contributed by atoms with Crippen LogP contribution in [-0.4, -0.2) is 87.1 Å². The van der Waals surface area contributed by atoms with E-state index in [0.29, 0.717) is 11.3 Å². The first-order chi connectivity index (χ1) is 17.9. The van der Waals surface area contributed by atoms with E-state index in [1.54, 1.807) is 12.5 Å². The molecule has 5 unspecified atom stereocenters. The molecule has 0 saturated heterocycles. The Kier molecular flexibility index (Phi) is 11.6. The molecule has 13 nitrogen and oxygen atoms in total. The fraction of sp³-hybridized carbons (Fsp3) is 0.458. The summed E-state index contributed by atoms with van der Waals surface area (Å²) in [7, 11) is 0. The van der Waals surface area contributed by atoms with Crippen LogP contribution in [-0.2, 0) is 30.4 Å². The Morgan fingerprint density at radius 2 is 1.61 bits per heavy atom. The first-order valence-corrected chi connectivity index (χ1v) is 13.2. The lowest BCUT2D eigenvalue weighted by Gasteiger charge is -2.25.